The zero-order valence-corrected chi connectivity index (χ0v) is 10.9. The largest absolute Gasteiger partial charge is 0.495 e. The van der Waals surface area contributed by atoms with Crippen LogP contribution in [0.4, 0.5) is 0 Å². The standard InChI is InChI=1S/C13H16ClNO3/c1-18-10-4-3-8(7-9(10)14)11(15)13(12(16)17)5-2-6-13/h3-4,7,11H,2,5-6,15H2,1H3,(H,16,17). The molecule has 0 saturated heterocycles. The van der Waals surface area contributed by atoms with Crippen molar-refractivity contribution >= 4 is 17.6 Å². The Kier molecular flexibility index (Phi) is 3.50. The van der Waals surface area contributed by atoms with E-state index in [0.717, 1.165) is 12.0 Å². The van der Waals surface area contributed by atoms with Crippen molar-refractivity contribution in [2.75, 3.05) is 7.11 Å². The number of nitrogens with two attached hydrogens (primary N) is 1. The number of carbonyl (C=O) groups is 1. The van der Waals surface area contributed by atoms with Crippen molar-refractivity contribution in [2.45, 2.75) is 25.3 Å². The monoisotopic (exact) mass is 269 g/mol. The molecule has 2 rings (SSSR count). The first-order valence-corrected chi connectivity index (χ1v) is 6.21. The molecule has 1 aliphatic rings. The molecule has 1 aromatic rings. The van der Waals surface area contributed by atoms with Crippen LogP contribution in [0.2, 0.25) is 5.02 Å². The number of ether oxygens (including phenoxy) is 1. The number of halogens is 1. The molecule has 98 valence electrons. The van der Waals surface area contributed by atoms with E-state index in [2.05, 4.69) is 0 Å². The van der Waals surface area contributed by atoms with Crippen molar-refractivity contribution in [1.82, 2.24) is 0 Å². The molecule has 0 amide bonds. The van der Waals surface area contributed by atoms with Crippen LogP contribution < -0.4 is 10.5 Å². The van der Waals surface area contributed by atoms with Gasteiger partial charge in [0.2, 0.25) is 0 Å². The molecule has 4 nitrogen and oxygen atoms in total. The molecule has 1 aromatic carbocycles. The van der Waals surface area contributed by atoms with Gasteiger partial charge < -0.3 is 15.6 Å². The summed E-state index contributed by atoms with van der Waals surface area (Å²) in [6.07, 6.45) is 2.14. The van der Waals surface area contributed by atoms with Crippen LogP contribution in [0.15, 0.2) is 18.2 Å². The smallest absolute Gasteiger partial charge is 0.311 e. The van der Waals surface area contributed by atoms with E-state index in [0.29, 0.717) is 23.6 Å². The van der Waals surface area contributed by atoms with E-state index in [1.807, 2.05) is 0 Å². The number of benzene rings is 1. The van der Waals surface area contributed by atoms with Gasteiger partial charge in [0.1, 0.15) is 5.75 Å². The fourth-order valence-corrected chi connectivity index (χ4v) is 2.68. The van der Waals surface area contributed by atoms with E-state index >= 15 is 0 Å². The lowest BCUT2D eigenvalue weighted by Gasteiger charge is -2.42. The maximum Gasteiger partial charge on any atom is 0.311 e. The summed E-state index contributed by atoms with van der Waals surface area (Å²) < 4.78 is 5.06. The predicted molar refractivity (Wildman–Crippen MR) is 68.9 cm³/mol. The molecule has 0 aliphatic heterocycles. The first-order valence-electron chi connectivity index (χ1n) is 5.83. The lowest BCUT2D eigenvalue weighted by atomic mass is 9.62. The summed E-state index contributed by atoms with van der Waals surface area (Å²) in [6, 6.07) is 4.64. The van der Waals surface area contributed by atoms with Crippen LogP contribution in [-0.4, -0.2) is 18.2 Å². The third kappa shape index (κ3) is 1.95. The number of rotatable bonds is 4. The SMILES string of the molecule is COc1ccc(C(N)C2(C(=O)O)CCC2)cc1Cl. The van der Waals surface area contributed by atoms with E-state index in [-0.39, 0.29) is 0 Å². The highest BCUT2D eigenvalue weighted by Crippen LogP contribution is 2.49. The van der Waals surface area contributed by atoms with Crippen LogP contribution in [0.25, 0.3) is 0 Å². The molecular formula is C13H16ClNO3. The lowest BCUT2D eigenvalue weighted by Crippen LogP contribution is -2.46. The van der Waals surface area contributed by atoms with Gasteiger partial charge in [-0.25, -0.2) is 0 Å². The third-order valence-electron chi connectivity index (χ3n) is 3.80. The maximum absolute atomic E-state index is 11.4. The highest BCUT2D eigenvalue weighted by Gasteiger charge is 2.49. The van der Waals surface area contributed by atoms with Crippen LogP contribution in [0.3, 0.4) is 0 Å². The van der Waals surface area contributed by atoms with E-state index in [9.17, 15) is 9.90 Å². The van der Waals surface area contributed by atoms with Crippen LogP contribution in [0.5, 0.6) is 5.75 Å². The lowest BCUT2D eigenvalue weighted by molar-refractivity contribution is -0.156. The van der Waals surface area contributed by atoms with Gasteiger partial charge in [-0.3, -0.25) is 4.79 Å². The average Bonchev–Trinajstić information content (AvgIpc) is 2.26. The number of hydrogen-bond donors (Lipinski definition) is 2. The Morgan fingerprint density at radius 2 is 2.22 bits per heavy atom. The minimum atomic E-state index is -0.835. The second-order valence-electron chi connectivity index (χ2n) is 4.69. The van der Waals surface area contributed by atoms with Crippen molar-refractivity contribution in [3.63, 3.8) is 0 Å². The van der Waals surface area contributed by atoms with E-state index in [1.165, 1.54) is 7.11 Å². The topological polar surface area (TPSA) is 72.5 Å². The minimum Gasteiger partial charge on any atom is -0.495 e. The molecule has 3 N–H and O–H groups in total. The van der Waals surface area contributed by atoms with Gasteiger partial charge >= 0.3 is 5.97 Å². The fraction of sp³-hybridized carbons (Fsp3) is 0.462. The summed E-state index contributed by atoms with van der Waals surface area (Å²) in [5, 5.41) is 9.80. The number of carboxylic acid groups (broad SMARTS) is 1. The van der Waals surface area contributed by atoms with E-state index in [4.69, 9.17) is 22.1 Å². The first-order chi connectivity index (χ1) is 8.51. The molecule has 0 spiro atoms. The maximum atomic E-state index is 11.4. The fourth-order valence-electron chi connectivity index (χ4n) is 2.41. The van der Waals surface area contributed by atoms with Gasteiger partial charge in [0.25, 0.3) is 0 Å². The van der Waals surface area contributed by atoms with Gasteiger partial charge in [0, 0.05) is 6.04 Å². The first kappa shape index (κ1) is 13.2. The summed E-state index contributed by atoms with van der Waals surface area (Å²) in [5.74, 6) is -0.265. The second kappa shape index (κ2) is 4.78. The summed E-state index contributed by atoms with van der Waals surface area (Å²) in [4.78, 5) is 11.4. The van der Waals surface area contributed by atoms with Crippen LogP contribution >= 0.6 is 11.6 Å². The molecule has 1 aliphatic carbocycles. The van der Waals surface area contributed by atoms with Gasteiger partial charge in [-0.05, 0) is 30.5 Å². The Morgan fingerprint density at radius 1 is 1.56 bits per heavy atom. The van der Waals surface area contributed by atoms with Gasteiger partial charge in [-0.1, -0.05) is 24.1 Å². The third-order valence-corrected chi connectivity index (χ3v) is 4.10. The molecule has 1 saturated carbocycles. The van der Waals surface area contributed by atoms with Crippen LogP contribution in [0, 0.1) is 5.41 Å². The Labute approximate surface area is 111 Å². The van der Waals surface area contributed by atoms with Crippen molar-refractivity contribution in [3.8, 4) is 5.75 Å². The highest BCUT2D eigenvalue weighted by molar-refractivity contribution is 6.32. The van der Waals surface area contributed by atoms with Crippen molar-refractivity contribution < 1.29 is 14.6 Å². The van der Waals surface area contributed by atoms with Crippen LogP contribution in [-0.2, 0) is 4.79 Å². The van der Waals surface area contributed by atoms with E-state index < -0.39 is 17.4 Å². The minimum absolute atomic E-state index is 0.449. The quantitative estimate of drug-likeness (QED) is 0.881. The zero-order valence-electron chi connectivity index (χ0n) is 10.1. The van der Waals surface area contributed by atoms with Crippen molar-refractivity contribution in [1.29, 1.82) is 0 Å². The van der Waals surface area contributed by atoms with Gasteiger partial charge in [0.05, 0.1) is 17.5 Å². The van der Waals surface area contributed by atoms with Crippen LogP contribution in [0.1, 0.15) is 30.9 Å². The molecule has 5 heteroatoms. The summed E-state index contributed by atoms with van der Waals surface area (Å²) in [6.45, 7) is 0. The number of carboxylic acids is 1. The Morgan fingerprint density at radius 3 is 2.61 bits per heavy atom. The Hall–Kier alpha value is -1.26. The predicted octanol–water partition coefficient (Wildman–Crippen LogP) is 2.60. The Balaban J connectivity index is 2.31. The molecular weight excluding hydrogens is 254 g/mol. The molecule has 1 atom stereocenters. The summed E-state index contributed by atoms with van der Waals surface area (Å²) in [5.41, 5.74) is 6.02. The zero-order chi connectivity index (χ0) is 13.3. The number of hydrogen-bond acceptors (Lipinski definition) is 3. The molecule has 1 unspecified atom stereocenters. The van der Waals surface area contributed by atoms with E-state index in [1.54, 1.807) is 18.2 Å². The molecule has 0 bridgehead atoms. The normalized spacial score (nSPS) is 18.8. The number of aliphatic carboxylic acids is 1. The average molecular weight is 270 g/mol. The second-order valence-corrected chi connectivity index (χ2v) is 5.09. The summed E-state index contributed by atoms with van der Waals surface area (Å²) >= 11 is 6.04. The Bertz CT molecular complexity index is 471. The molecule has 0 aromatic heterocycles. The van der Waals surface area contributed by atoms with Crippen molar-refractivity contribution in [3.05, 3.63) is 28.8 Å². The van der Waals surface area contributed by atoms with Crippen molar-refractivity contribution in [2.24, 2.45) is 11.1 Å². The molecule has 0 heterocycles. The summed E-state index contributed by atoms with van der Waals surface area (Å²) in [7, 11) is 1.53. The molecule has 18 heavy (non-hydrogen) atoms. The number of methoxy groups -OCH3 is 1. The highest BCUT2D eigenvalue weighted by atomic mass is 35.5. The van der Waals surface area contributed by atoms with Gasteiger partial charge in [-0.2, -0.15) is 0 Å². The molecule has 1 fully saturated rings. The van der Waals surface area contributed by atoms with Gasteiger partial charge in [-0.15, -0.1) is 0 Å². The molecule has 0 radical (unpaired) electrons. The van der Waals surface area contributed by atoms with Gasteiger partial charge in [0.15, 0.2) is 0 Å².